The number of hydrogen-bond donors (Lipinski definition) is 2. The molecule has 0 unspecified atom stereocenters. The number of aliphatic hydroxyl groups is 2. The fourth-order valence-corrected chi connectivity index (χ4v) is 7.94. The van der Waals surface area contributed by atoms with Crippen molar-refractivity contribution in [1.29, 1.82) is 0 Å². The lowest BCUT2D eigenvalue weighted by atomic mass is 9.89. The van der Waals surface area contributed by atoms with E-state index in [1.807, 2.05) is 124 Å². The summed E-state index contributed by atoms with van der Waals surface area (Å²) in [5.74, 6) is 2.25. The molecule has 0 spiro atoms. The number of aliphatic hydroxyl groups excluding tert-OH is 2. The van der Waals surface area contributed by atoms with E-state index >= 15 is 0 Å². The van der Waals surface area contributed by atoms with Crippen molar-refractivity contribution in [1.82, 2.24) is 0 Å². The summed E-state index contributed by atoms with van der Waals surface area (Å²) in [6.07, 6.45) is 2.98. The summed E-state index contributed by atoms with van der Waals surface area (Å²) >= 11 is 0. The minimum Gasteiger partial charge on any atom is -0.497 e. The van der Waals surface area contributed by atoms with Crippen LogP contribution >= 0.6 is 0 Å². The number of hydrogen-bond acceptors (Lipinski definition) is 12. The van der Waals surface area contributed by atoms with Crippen molar-refractivity contribution in [3.8, 4) is 23.0 Å². The summed E-state index contributed by atoms with van der Waals surface area (Å²) in [6.45, 7) is 14.4. The van der Waals surface area contributed by atoms with Crippen LogP contribution in [-0.2, 0) is 54.9 Å². The van der Waals surface area contributed by atoms with Crippen LogP contribution in [0.4, 0.5) is 0 Å². The Kier molecular flexibility index (Phi) is 24.0. The van der Waals surface area contributed by atoms with Crippen molar-refractivity contribution in [3.05, 3.63) is 154 Å². The van der Waals surface area contributed by atoms with E-state index in [0.717, 1.165) is 45.6 Å². The fraction of sp³-hybridized carbons (Fsp3) is 0.456. The predicted molar refractivity (Wildman–Crippen MR) is 269 cm³/mol. The Hall–Kier alpha value is -5.47. The van der Waals surface area contributed by atoms with Gasteiger partial charge in [-0.25, -0.2) is 4.79 Å². The van der Waals surface area contributed by atoms with Crippen molar-refractivity contribution in [3.63, 3.8) is 0 Å². The van der Waals surface area contributed by atoms with Crippen molar-refractivity contribution in [2.75, 3.05) is 41.7 Å². The van der Waals surface area contributed by atoms with Gasteiger partial charge in [0, 0.05) is 17.4 Å². The first-order valence-corrected chi connectivity index (χ1v) is 23.7. The minimum atomic E-state index is -1.04. The topological polar surface area (TPSA) is 141 Å². The summed E-state index contributed by atoms with van der Waals surface area (Å²) in [7, 11) is 6.46. The molecule has 0 aliphatic carbocycles. The maximum Gasteiger partial charge on any atom is 0.333 e. The van der Waals surface area contributed by atoms with Crippen molar-refractivity contribution < 1.29 is 57.6 Å². The van der Waals surface area contributed by atoms with Gasteiger partial charge in [-0.15, -0.1) is 0 Å². The first-order valence-electron chi connectivity index (χ1n) is 23.7. The van der Waals surface area contributed by atoms with E-state index in [0.29, 0.717) is 29.8 Å². The maximum absolute atomic E-state index is 14.1. The van der Waals surface area contributed by atoms with E-state index in [2.05, 4.69) is 26.8 Å². The Balaban J connectivity index is 1.55. The summed E-state index contributed by atoms with van der Waals surface area (Å²) in [5.41, 5.74) is 5.65. The summed E-state index contributed by atoms with van der Waals surface area (Å²) < 4.78 is 53.2. The molecular formula is C57H76O12. The van der Waals surface area contributed by atoms with Crippen LogP contribution in [0.1, 0.15) is 77.1 Å². The number of carbonyl (C=O) groups is 1. The Morgan fingerprint density at radius 1 is 0.565 bits per heavy atom. The number of rotatable bonds is 30. The molecule has 0 fully saturated rings. The number of carbonyl (C=O) groups excluding carboxylic acids is 1. The standard InChI is InChI=1S/C57H76O12/c1-12-39(3)55(67-35-46-17-25-50(63-10)26-18-46)42(6)30-38(2)29-40(4)54(59)41(5)31-43(7)57(60)69-53(37-65-33-44-13-21-48(61-8)22-14-44)56(68-36-47-19-27-51(64-11)28-20-47)52(32-58)66-34-45-15-23-49(62-9)24-16-45/h13-31,39,41-42,52-56,58-59H,12,32-37H2,1-11H3/b38-30+,40-29+,43-31+/t39-,41+,42-,52+,53+,54+,55+,56-/m0/s1. The lowest BCUT2D eigenvalue weighted by Crippen LogP contribution is -2.47. The molecule has 0 amide bonds. The first kappa shape index (κ1) is 56.1. The van der Waals surface area contributed by atoms with E-state index in [1.165, 1.54) is 0 Å². The molecule has 8 atom stereocenters. The molecule has 4 rings (SSSR count). The van der Waals surface area contributed by atoms with Gasteiger partial charge in [0.05, 0.1) is 80.3 Å². The number of ether oxygens (including phenoxy) is 9. The van der Waals surface area contributed by atoms with Gasteiger partial charge in [0.2, 0.25) is 0 Å². The molecule has 0 aliphatic heterocycles. The smallest absolute Gasteiger partial charge is 0.333 e. The largest absolute Gasteiger partial charge is 0.497 e. The molecule has 2 N–H and O–H groups in total. The van der Waals surface area contributed by atoms with Gasteiger partial charge in [0.25, 0.3) is 0 Å². The molecule has 0 aromatic heterocycles. The third-order valence-corrected chi connectivity index (χ3v) is 12.2. The minimum absolute atomic E-state index is 0.0157. The van der Waals surface area contributed by atoms with Crippen LogP contribution in [0.3, 0.4) is 0 Å². The van der Waals surface area contributed by atoms with Gasteiger partial charge in [0.1, 0.15) is 35.2 Å². The molecule has 12 heteroatoms. The fourth-order valence-electron chi connectivity index (χ4n) is 7.94. The molecule has 0 saturated heterocycles. The predicted octanol–water partition coefficient (Wildman–Crippen LogP) is 10.4. The second-order valence-corrected chi connectivity index (χ2v) is 17.6. The van der Waals surface area contributed by atoms with Gasteiger partial charge in [-0.3, -0.25) is 0 Å². The van der Waals surface area contributed by atoms with Crippen LogP contribution in [0.5, 0.6) is 23.0 Å². The first-order chi connectivity index (χ1) is 33.2. The average molecular weight is 953 g/mol. The SMILES string of the molecule is CC[C@H](C)[C@@H](OCc1ccc(OC)cc1)[C@@H](C)/C=C(C)/C=C(\C)[C@@H](O)[C@H](C)/C=C(\C)C(=O)O[C@H](COCc1ccc(OC)cc1)[C@@H](OCc1ccc(OC)cc1)[C@@H](CO)OCc1ccc(OC)cc1. The zero-order valence-electron chi connectivity index (χ0n) is 42.5. The number of benzene rings is 4. The molecule has 376 valence electrons. The van der Waals surface area contributed by atoms with Gasteiger partial charge >= 0.3 is 5.97 Å². The van der Waals surface area contributed by atoms with Crippen molar-refractivity contribution in [2.24, 2.45) is 17.8 Å². The van der Waals surface area contributed by atoms with Gasteiger partial charge in [-0.1, -0.05) is 106 Å². The molecule has 0 heterocycles. The Morgan fingerprint density at radius 3 is 1.41 bits per heavy atom. The number of allylic oxidation sites excluding steroid dienone is 2. The summed E-state index contributed by atoms with van der Waals surface area (Å²) in [6, 6.07) is 30.2. The molecule has 0 saturated carbocycles. The molecule has 0 bridgehead atoms. The molecule has 4 aromatic rings. The zero-order chi connectivity index (χ0) is 50.3. The lowest BCUT2D eigenvalue weighted by Gasteiger charge is -2.32. The van der Waals surface area contributed by atoms with Crippen LogP contribution in [0.15, 0.2) is 132 Å². The van der Waals surface area contributed by atoms with Gasteiger partial charge in [-0.05, 0) is 103 Å². The molecule has 0 radical (unpaired) electrons. The highest BCUT2D eigenvalue weighted by Crippen LogP contribution is 2.27. The molecular weight excluding hydrogens is 877 g/mol. The van der Waals surface area contributed by atoms with Crippen molar-refractivity contribution >= 4 is 5.97 Å². The van der Waals surface area contributed by atoms with Crippen LogP contribution in [0.25, 0.3) is 0 Å². The van der Waals surface area contributed by atoms with E-state index in [1.54, 1.807) is 41.4 Å². The van der Waals surface area contributed by atoms with Gasteiger partial charge in [0.15, 0.2) is 6.10 Å². The molecule has 0 aliphatic rings. The van der Waals surface area contributed by atoms with Gasteiger partial charge < -0.3 is 52.8 Å². The highest BCUT2D eigenvalue weighted by Gasteiger charge is 2.35. The molecule has 69 heavy (non-hydrogen) atoms. The summed E-state index contributed by atoms with van der Waals surface area (Å²) in [4.78, 5) is 14.1. The number of esters is 1. The molecule has 4 aromatic carbocycles. The van der Waals surface area contributed by atoms with Gasteiger partial charge in [-0.2, -0.15) is 0 Å². The lowest BCUT2D eigenvalue weighted by molar-refractivity contribution is -0.182. The van der Waals surface area contributed by atoms with E-state index < -0.39 is 42.9 Å². The van der Waals surface area contributed by atoms with E-state index in [9.17, 15) is 15.0 Å². The average Bonchev–Trinajstić information content (AvgIpc) is 3.37. The highest BCUT2D eigenvalue weighted by atomic mass is 16.6. The zero-order valence-corrected chi connectivity index (χ0v) is 42.5. The highest BCUT2D eigenvalue weighted by molar-refractivity contribution is 5.88. The third kappa shape index (κ3) is 18.4. The Bertz CT molecular complexity index is 2180. The maximum atomic E-state index is 14.1. The second-order valence-electron chi connectivity index (χ2n) is 17.6. The van der Waals surface area contributed by atoms with Crippen LogP contribution in [0.2, 0.25) is 0 Å². The summed E-state index contributed by atoms with van der Waals surface area (Å²) in [5, 5.41) is 22.4. The van der Waals surface area contributed by atoms with Crippen molar-refractivity contribution in [2.45, 2.75) is 112 Å². The Morgan fingerprint density at radius 2 is 0.986 bits per heavy atom. The second kappa shape index (κ2) is 29.5. The molecule has 12 nitrogen and oxygen atoms in total. The van der Waals surface area contributed by atoms with Crippen LogP contribution in [-0.4, -0.2) is 88.4 Å². The third-order valence-electron chi connectivity index (χ3n) is 12.2. The van der Waals surface area contributed by atoms with E-state index in [4.69, 9.17) is 42.6 Å². The normalized spacial score (nSPS) is 15.8. The monoisotopic (exact) mass is 953 g/mol. The van der Waals surface area contributed by atoms with E-state index in [-0.39, 0.29) is 44.0 Å². The number of methoxy groups -OCH3 is 4. The Labute approximate surface area is 410 Å². The quantitative estimate of drug-likeness (QED) is 0.0292. The van der Waals surface area contributed by atoms with Crippen LogP contribution < -0.4 is 18.9 Å². The van der Waals surface area contributed by atoms with Crippen LogP contribution in [0, 0.1) is 17.8 Å².